The number of aromatic nitrogens is 1. The zero-order valence-electron chi connectivity index (χ0n) is 23.4. The van der Waals surface area contributed by atoms with Crippen LogP contribution in [-0.2, 0) is 11.8 Å². The normalized spacial score (nSPS) is 14.0. The minimum atomic E-state index is -0.647. The monoisotopic (exact) mass is 573 g/mol. The molecule has 10 heteroatoms. The molecule has 2 N–H and O–H groups in total. The molecule has 1 atom stereocenters. The molecule has 6 rings (SSSR count). The third-order valence-corrected chi connectivity index (χ3v) is 7.77. The van der Waals surface area contributed by atoms with Gasteiger partial charge in [0.05, 0.1) is 16.7 Å². The standard InChI is InChI=1S/C33H27N5O5/c1-20-11-13-21(14-12-20)30-29(26-9-5-6-10-27(26)36(30)2)31-24-7-3-4-8-25(24)33(41)37(31)19-28(39)34-35-32(40)22-15-17-23(18-16-22)38(42)43/h3-18,31H,19H2,1-2H3,(H,34,39)(H,35,40). The molecule has 43 heavy (non-hydrogen) atoms. The Morgan fingerprint density at radius 3 is 2.28 bits per heavy atom. The molecule has 2 heterocycles. The highest BCUT2D eigenvalue weighted by molar-refractivity contribution is 6.04. The maximum atomic E-state index is 13.8. The lowest BCUT2D eigenvalue weighted by Crippen LogP contribution is -2.47. The van der Waals surface area contributed by atoms with Crippen LogP contribution in [0.25, 0.3) is 22.2 Å². The van der Waals surface area contributed by atoms with E-state index in [2.05, 4.69) is 27.6 Å². The fourth-order valence-electron chi connectivity index (χ4n) is 5.73. The van der Waals surface area contributed by atoms with E-state index in [1.807, 2.05) is 62.5 Å². The molecule has 5 aromatic rings. The largest absolute Gasteiger partial charge is 0.343 e. The van der Waals surface area contributed by atoms with Gasteiger partial charge in [0.1, 0.15) is 6.54 Å². The summed E-state index contributed by atoms with van der Waals surface area (Å²) in [5.74, 6) is -1.54. The number of nitro groups is 1. The Labute approximate surface area is 246 Å². The van der Waals surface area contributed by atoms with Crippen molar-refractivity contribution in [3.05, 3.63) is 135 Å². The van der Waals surface area contributed by atoms with Gasteiger partial charge < -0.3 is 9.47 Å². The molecule has 1 aromatic heterocycles. The number of amides is 3. The summed E-state index contributed by atoms with van der Waals surface area (Å²) in [6.45, 7) is 1.70. The number of hydrogen-bond acceptors (Lipinski definition) is 5. The number of nitrogens with zero attached hydrogens (tertiary/aromatic N) is 3. The van der Waals surface area contributed by atoms with Crippen molar-refractivity contribution in [2.24, 2.45) is 7.05 Å². The van der Waals surface area contributed by atoms with E-state index in [0.29, 0.717) is 5.56 Å². The number of para-hydroxylation sites is 1. The van der Waals surface area contributed by atoms with Gasteiger partial charge in [-0.2, -0.15) is 0 Å². The van der Waals surface area contributed by atoms with Crippen LogP contribution in [0.3, 0.4) is 0 Å². The number of rotatable bonds is 6. The van der Waals surface area contributed by atoms with Crippen LogP contribution in [-0.4, -0.2) is 38.7 Å². The Balaban J connectivity index is 1.35. The third kappa shape index (κ3) is 4.88. The van der Waals surface area contributed by atoms with Gasteiger partial charge in [0.15, 0.2) is 0 Å². The van der Waals surface area contributed by atoms with Crippen LogP contribution in [0.2, 0.25) is 0 Å². The maximum Gasteiger partial charge on any atom is 0.269 e. The van der Waals surface area contributed by atoms with E-state index in [0.717, 1.165) is 38.9 Å². The number of nitrogens with one attached hydrogen (secondary N) is 2. The van der Waals surface area contributed by atoms with Gasteiger partial charge in [-0.05, 0) is 42.3 Å². The van der Waals surface area contributed by atoms with Gasteiger partial charge in [-0.15, -0.1) is 0 Å². The highest BCUT2D eigenvalue weighted by atomic mass is 16.6. The minimum absolute atomic E-state index is 0.131. The van der Waals surface area contributed by atoms with E-state index in [1.54, 1.807) is 12.1 Å². The van der Waals surface area contributed by atoms with Crippen molar-refractivity contribution in [2.75, 3.05) is 6.54 Å². The fraction of sp³-hybridized carbons (Fsp3) is 0.121. The maximum absolute atomic E-state index is 13.8. The van der Waals surface area contributed by atoms with Crippen molar-refractivity contribution in [3.63, 3.8) is 0 Å². The van der Waals surface area contributed by atoms with Crippen LogP contribution >= 0.6 is 0 Å². The predicted octanol–water partition coefficient (Wildman–Crippen LogP) is 5.07. The van der Waals surface area contributed by atoms with Crippen LogP contribution < -0.4 is 10.9 Å². The predicted molar refractivity (Wildman–Crippen MR) is 161 cm³/mol. The van der Waals surface area contributed by atoms with E-state index in [1.165, 1.54) is 29.2 Å². The molecule has 0 saturated heterocycles. The zero-order valence-corrected chi connectivity index (χ0v) is 23.4. The summed E-state index contributed by atoms with van der Waals surface area (Å²) in [4.78, 5) is 51.4. The quantitative estimate of drug-likeness (QED) is 0.217. The van der Waals surface area contributed by atoms with E-state index in [9.17, 15) is 24.5 Å². The number of non-ortho nitro benzene ring substituents is 1. The summed E-state index contributed by atoms with van der Waals surface area (Å²) in [6, 6.07) is 28.0. The minimum Gasteiger partial charge on any atom is -0.343 e. The van der Waals surface area contributed by atoms with Crippen molar-refractivity contribution in [1.29, 1.82) is 0 Å². The van der Waals surface area contributed by atoms with E-state index < -0.39 is 22.8 Å². The van der Waals surface area contributed by atoms with Crippen LogP contribution in [0.15, 0.2) is 97.1 Å². The first-order chi connectivity index (χ1) is 20.7. The second-order valence-electron chi connectivity index (χ2n) is 10.4. The number of carbonyl (C=O) groups is 3. The Hall–Kier alpha value is -5.77. The Morgan fingerprint density at radius 1 is 0.884 bits per heavy atom. The number of benzene rings is 4. The van der Waals surface area contributed by atoms with Crippen molar-refractivity contribution in [2.45, 2.75) is 13.0 Å². The molecule has 0 fully saturated rings. The molecule has 0 radical (unpaired) electrons. The smallest absolute Gasteiger partial charge is 0.269 e. The van der Waals surface area contributed by atoms with Crippen LogP contribution in [0.4, 0.5) is 5.69 Å². The molecule has 1 aliphatic rings. The van der Waals surface area contributed by atoms with Crippen molar-refractivity contribution in [3.8, 4) is 11.3 Å². The fourth-order valence-corrected chi connectivity index (χ4v) is 5.73. The second-order valence-corrected chi connectivity index (χ2v) is 10.4. The molecule has 0 spiro atoms. The topological polar surface area (TPSA) is 127 Å². The molecule has 0 aliphatic carbocycles. The van der Waals surface area contributed by atoms with Gasteiger partial charge in [-0.25, -0.2) is 0 Å². The van der Waals surface area contributed by atoms with Crippen LogP contribution in [0.1, 0.15) is 43.4 Å². The Kier molecular flexibility index (Phi) is 6.95. The Bertz CT molecular complexity index is 1910. The molecule has 214 valence electrons. The molecule has 1 aliphatic heterocycles. The summed E-state index contributed by atoms with van der Waals surface area (Å²) in [5, 5.41) is 11.9. The van der Waals surface area contributed by atoms with E-state index in [4.69, 9.17) is 0 Å². The molecule has 3 amide bonds. The number of hydrazine groups is 1. The van der Waals surface area contributed by atoms with Crippen LogP contribution in [0, 0.1) is 17.0 Å². The molecular formula is C33H27N5O5. The summed E-state index contributed by atoms with van der Waals surface area (Å²) in [6.07, 6.45) is 0. The summed E-state index contributed by atoms with van der Waals surface area (Å²) in [5.41, 5.74) is 10.9. The first kappa shape index (κ1) is 27.4. The lowest BCUT2D eigenvalue weighted by atomic mass is 9.93. The summed E-state index contributed by atoms with van der Waals surface area (Å²) in [7, 11) is 1.99. The number of aryl methyl sites for hydroxylation is 2. The molecule has 10 nitrogen and oxygen atoms in total. The average Bonchev–Trinajstić information content (AvgIpc) is 3.46. The van der Waals surface area contributed by atoms with E-state index >= 15 is 0 Å². The first-order valence-corrected chi connectivity index (χ1v) is 13.6. The van der Waals surface area contributed by atoms with Crippen molar-refractivity contribution in [1.82, 2.24) is 20.3 Å². The summed E-state index contributed by atoms with van der Waals surface area (Å²) >= 11 is 0. The lowest BCUT2D eigenvalue weighted by Gasteiger charge is -2.26. The van der Waals surface area contributed by atoms with Gasteiger partial charge in [-0.3, -0.25) is 35.3 Å². The van der Waals surface area contributed by atoms with Gasteiger partial charge >= 0.3 is 0 Å². The average molecular weight is 574 g/mol. The summed E-state index contributed by atoms with van der Waals surface area (Å²) < 4.78 is 2.11. The molecule has 4 aromatic carbocycles. The first-order valence-electron chi connectivity index (χ1n) is 13.6. The number of nitro benzene ring substituents is 1. The van der Waals surface area contributed by atoms with Gasteiger partial charge in [0, 0.05) is 46.8 Å². The van der Waals surface area contributed by atoms with E-state index in [-0.39, 0.29) is 23.7 Å². The molecule has 0 saturated carbocycles. The highest BCUT2D eigenvalue weighted by Crippen LogP contribution is 2.46. The second kappa shape index (κ2) is 10.9. The molecule has 0 bridgehead atoms. The van der Waals surface area contributed by atoms with Gasteiger partial charge in [-0.1, -0.05) is 66.2 Å². The third-order valence-electron chi connectivity index (χ3n) is 7.77. The Morgan fingerprint density at radius 2 is 1.56 bits per heavy atom. The van der Waals surface area contributed by atoms with Crippen molar-refractivity contribution >= 4 is 34.3 Å². The van der Waals surface area contributed by atoms with Crippen molar-refractivity contribution < 1.29 is 19.3 Å². The lowest BCUT2D eigenvalue weighted by molar-refractivity contribution is -0.384. The number of fused-ring (bicyclic) bond motifs is 2. The zero-order chi connectivity index (χ0) is 30.2. The molecular weight excluding hydrogens is 546 g/mol. The highest BCUT2D eigenvalue weighted by Gasteiger charge is 2.41. The SMILES string of the molecule is Cc1ccc(-c2c(C3c4ccccc4C(=O)N3CC(=O)NNC(=O)c3ccc([N+](=O)[O-])cc3)c3ccccc3n2C)cc1. The number of hydrogen-bond donors (Lipinski definition) is 2. The van der Waals surface area contributed by atoms with Crippen LogP contribution in [0.5, 0.6) is 0 Å². The van der Waals surface area contributed by atoms with Gasteiger partial charge in [0.2, 0.25) is 0 Å². The molecule has 1 unspecified atom stereocenters. The van der Waals surface area contributed by atoms with Gasteiger partial charge in [0.25, 0.3) is 23.4 Å². The number of carbonyl (C=O) groups excluding carboxylic acids is 3.